The van der Waals surface area contributed by atoms with Crippen molar-refractivity contribution in [3.63, 3.8) is 0 Å². The molecule has 2 atom stereocenters. The van der Waals surface area contributed by atoms with Crippen LogP contribution in [0.1, 0.15) is 35.8 Å². The van der Waals surface area contributed by atoms with E-state index in [0.717, 1.165) is 5.56 Å². The summed E-state index contributed by atoms with van der Waals surface area (Å²) in [5, 5.41) is 4.90. The van der Waals surface area contributed by atoms with Gasteiger partial charge in [-0.05, 0) is 31.5 Å². The third kappa shape index (κ3) is 3.62. The van der Waals surface area contributed by atoms with Crippen molar-refractivity contribution in [3.8, 4) is 0 Å². The van der Waals surface area contributed by atoms with Gasteiger partial charge in [0.25, 0.3) is 0 Å². The standard InChI is InChI=1S/C15H18ClN3O2/c1-3-21-15(20)12-8-18-19(9-12)14(10(2)17)11-4-6-13(16)7-5-11/h4-10,14H,3,17H2,1-2H3. The lowest BCUT2D eigenvalue weighted by molar-refractivity contribution is 0.0526. The van der Waals surface area contributed by atoms with E-state index in [1.807, 2.05) is 31.2 Å². The Morgan fingerprint density at radius 1 is 1.43 bits per heavy atom. The molecule has 6 heteroatoms. The van der Waals surface area contributed by atoms with Crippen molar-refractivity contribution in [2.75, 3.05) is 6.61 Å². The smallest absolute Gasteiger partial charge is 0.341 e. The van der Waals surface area contributed by atoms with E-state index in [1.165, 1.54) is 6.20 Å². The summed E-state index contributed by atoms with van der Waals surface area (Å²) in [6.45, 7) is 3.99. The van der Waals surface area contributed by atoms with Crippen LogP contribution < -0.4 is 5.73 Å². The van der Waals surface area contributed by atoms with Gasteiger partial charge in [-0.3, -0.25) is 4.68 Å². The largest absolute Gasteiger partial charge is 0.462 e. The molecule has 2 aromatic rings. The molecule has 0 aliphatic carbocycles. The highest BCUT2D eigenvalue weighted by molar-refractivity contribution is 6.30. The van der Waals surface area contributed by atoms with E-state index < -0.39 is 0 Å². The van der Waals surface area contributed by atoms with E-state index in [2.05, 4.69) is 5.10 Å². The molecule has 0 spiro atoms. The summed E-state index contributed by atoms with van der Waals surface area (Å²) in [7, 11) is 0. The van der Waals surface area contributed by atoms with Crippen LogP contribution in [-0.2, 0) is 4.74 Å². The third-order valence-electron chi connectivity index (χ3n) is 3.11. The molecule has 1 aromatic heterocycles. The zero-order valence-electron chi connectivity index (χ0n) is 12.0. The van der Waals surface area contributed by atoms with Gasteiger partial charge in [-0.15, -0.1) is 0 Å². The number of carbonyl (C=O) groups is 1. The summed E-state index contributed by atoms with van der Waals surface area (Å²) < 4.78 is 6.64. The average Bonchev–Trinajstić information content (AvgIpc) is 2.90. The van der Waals surface area contributed by atoms with Gasteiger partial charge < -0.3 is 10.5 Å². The molecule has 0 aliphatic rings. The van der Waals surface area contributed by atoms with Gasteiger partial charge in [-0.25, -0.2) is 4.79 Å². The number of hydrogen-bond acceptors (Lipinski definition) is 4. The average molecular weight is 308 g/mol. The number of nitrogens with two attached hydrogens (primary N) is 1. The molecule has 2 rings (SSSR count). The van der Waals surface area contributed by atoms with Crippen LogP contribution >= 0.6 is 11.6 Å². The number of esters is 1. The second kappa shape index (κ2) is 6.74. The summed E-state index contributed by atoms with van der Waals surface area (Å²) in [5.74, 6) is -0.386. The molecule has 112 valence electrons. The fourth-order valence-corrected chi connectivity index (χ4v) is 2.29. The minimum absolute atomic E-state index is 0.176. The predicted molar refractivity (Wildman–Crippen MR) is 81.4 cm³/mol. The maximum atomic E-state index is 11.7. The van der Waals surface area contributed by atoms with Crippen LogP contribution in [0.2, 0.25) is 5.02 Å². The van der Waals surface area contributed by atoms with Crippen molar-refractivity contribution in [2.24, 2.45) is 5.73 Å². The first-order valence-corrected chi connectivity index (χ1v) is 7.13. The van der Waals surface area contributed by atoms with Gasteiger partial charge >= 0.3 is 5.97 Å². The molecule has 5 nitrogen and oxygen atoms in total. The molecule has 21 heavy (non-hydrogen) atoms. The summed E-state index contributed by atoms with van der Waals surface area (Å²) >= 11 is 5.91. The molecule has 0 fully saturated rings. The van der Waals surface area contributed by atoms with Crippen LogP contribution in [0.15, 0.2) is 36.7 Å². The maximum absolute atomic E-state index is 11.7. The van der Waals surface area contributed by atoms with Gasteiger partial charge in [0.1, 0.15) is 0 Å². The highest BCUT2D eigenvalue weighted by atomic mass is 35.5. The normalized spacial score (nSPS) is 13.7. The summed E-state index contributed by atoms with van der Waals surface area (Å²) in [6.07, 6.45) is 3.14. The quantitative estimate of drug-likeness (QED) is 0.862. The summed E-state index contributed by atoms with van der Waals surface area (Å²) in [5.41, 5.74) is 7.47. The van der Waals surface area contributed by atoms with Crippen molar-refractivity contribution >= 4 is 17.6 Å². The summed E-state index contributed by atoms with van der Waals surface area (Å²) in [4.78, 5) is 11.7. The molecule has 0 aliphatic heterocycles. The Labute approximate surface area is 128 Å². The molecule has 0 amide bonds. The van der Waals surface area contributed by atoms with Gasteiger partial charge in [-0.2, -0.15) is 5.10 Å². The Kier molecular flexibility index (Phi) is 4.98. The van der Waals surface area contributed by atoms with Crippen LogP contribution in [0.4, 0.5) is 0 Å². The highest BCUT2D eigenvalue weighted by Gasteiger charge is 2.21. The zero-order valence-corrected chi connectivity index (χ0v) is 12.7. The number of benzene rings is 1. The van der Waals surface area contributed by atoms with Crippen molar-refractivity contribution in [1.82, 2.24) is 9.78 Å². The number of hydrogen-bond donors (Lipinski definition) is 1. The number of carbonyl (C=O) groups excluding carboxylic acids is 1. The third-order valence-corrected chi connectivity index (χ3v) is 3.36. The fraction of sp³-hybridized carbons (Fsp3) is 0.333. The van der Waals surface area contributed by atoms with E-state index in [1.54, 1.807) is 17.8 Å². The number of ether oxygens (including phenoxy) is 1. The minimum Gasteiger partial charge on any atom is -0.462 e. The van der Waals surface area contributed by atoms with Gasteiger partial charge in [-0.1, -0.05) is 23.7 Å². The van der Waals surface area contributed by atoms with Gasteiger partial charge in [0.15, 0.2) is 0 Å². The van der Waals surface area contributed by atoms with E-state index in [9.17, 15) is 4.79 Å². The lowest BCUT2D eigenvalue weighted by atomic mass is 10.0. The monoisotopic (exact) mass is 307 g/mol. The van der Waals surface area contributed by atoms with Crippen LogP contribution in [0.3, 0.4) is 0 Å². The van der Waals surface area contributed by atoms with Crippen LogP contribution in [-0.4, -0.2) is 28.4 Å². The lowest BCUT2D eigenvalue weighted by Crippen LogP contribution is -2.30. The molecule has 1 heterocycles. The van der Waals surface area contributed by atoms with E-state index in [0.29, 0.717) is 17.2 Å². The predicted octanol–water partition coefficient (Wildman–Crippen LogP) is 2.65. The topological polar surface area (TPSA) is 70.1 Å². The maximum Gasteiger partial charge on any atom is 0.341 e. The Morgan fingerprint density at radius 2 is 2.10 bits per heavy atom. The molecule has 0 saturated heterocycles. The van der Waals surface area contributed by atoms with Crippen molar-refractivity contribution in [1.29, 1.82) is 0 Å². The molecule has 1 aromatic carbocycles. The molecular formula is C15H18ClN3O2. The van der Waals surface area contributed by atoms with E-state index in [4.69, 9.17) is 22.1 Å². The molecule has 2 unspecified atom stereocenters. The Hall–Kier alpha value is -1.85. The van der Waals surface area contributed by atoms with Crippen LogP contribution in [0.25, 0.3) is 0 Å². The number of aromatic nitrogens is 2. The van der Waals surface area contributed by atoms with Crippen molar-refractivity contribution < 1.29 is 9.53 Å². The zero-order chi connectivity index (χ0) is 15.4. The first kappa shape index (κ1) is 15.5. The first-order valence-electron chi connectivity index (χ1n) is 6.75. The van der Waals surface area contributed by atoms with E-state index >= 15 is 0 Å². The van der Waals surface area contributed by atoms with Crippen LogP contribution in [0.5, 0.6) is 0 Å². The van der Waals surface area contributed by atoms with Gasteiger partial charge in [0.05, 0.1) is 24.4 Å². The number of rotatable bonds is 5. The fourth-order valence-electron chi connectivity index (χ4n) is 2.17. The Morgan fingerprint density at radius 3 is 2.67 bits per heavy atom. The highest BCUT2D eigenvalue weighted by Crippen LogP contribution is 2.23. The molecule has 0 radical (unpaired) electrons. The minimum atomic E-state index is -0.386. The molecular weight excluding hydrogens is 290 g/mol. The SMILES string of the molecule is CCOC(=O)c1cnn(C(c2ccc(Cl)cc2)C(C)N)c1. The van der Waals surface area contributed by atoms with Gasteiger partial charge in [0.2, 0.25) is 0 Å². The van der Waals surface area contributed by atoms with E-state index in [-0.39, 0.29) is 18.1 Å². The second-order valence-corrected chi connectivity index (χ2v) is 5.22. The number of nitrogens with zero attached hydrogens (tertiary/aromatic N) is 2. The number of halogens is 1. The van der Waals surface area contributed by atoms with Crippen LogP contribution in [0, 0.1) is 0 Å². The molecule has 2 N–H and O–H groups in total. The first-order chi connectivity index (χ1) is 10.0. The molecule has 0 saturated carbocycles. The Bertz CT molecular complexity index is 608. The second-order valence-electron chi connectivity index (χ2n) is 4.78. The van der Waals surface area contributed by atoms with Crippen molar-refractivity contribution in [3.05, 3.63) is 52.8 Å². The molecule has 0 bridgehead atoms. The lowest BCUT2D eigenvalue weighted by Gasteiger charge is -2.21. The Balaban J connectivity index is 2.31. The summed E-state index contributed by atoms with van der Waals surface area (Å²) in [6, 6.07) is 7.07. The van der Waals surface area contributed by atoms with Crippen molar-refractivity contribution in [2.45, 2.75) is 25.9 Å². The van der Waals surface area contributed by atoms with Gasteiger partial charge in [0, 0.05) is 17.3 Å².